The molecule has 1 aliphatic rings. The standard InChI is InChI=1S/C28H28N4/c1-19-11-13-22(14-12-19)32-18-25(28(2,3)4)31-27(32)23-9-7-8-20-16-21(17-30-26(20)23)24-10-5-6-15-29-24/h5-17,25H,18H2,1-4H3. The molecule has 1 atom stereocenters. The lowest BCUT2D eigenvalue weighted by molar-refractivity contribution is 0.337. The SMILES string of the molecule is Cc1ccc(N2CC(C(C)(C)C)N=C2c2cccc3cc(-c4ccccn4)cnc23)cc1. The number of rotatable bonds is 3. The zero-order valence-corrected chi connectivity index (χ0v) is 19.1. The Morgan fingerprint density at radius 3 is 2.44 bits per heavy atom. The van der Waals surface area contributed by atoms with E-state index in [1.54, 1.807) is 0 Å². The number of aromatic nitrogens is 2. The fourth-order valence-corrected chi connectivity index (χ4v) is 4.17. The van der Waals surface area contributed by atoms with E-state index in [-0.39, 0.29) is 11.5 Å². The number of amidine groups is 1. The van der Waals surface area contributed by atoms with Gasteiger partial charge < -0.3 is 4.90 Å². The molecule has 0 saturated heterocycles. The quantitative estimate of drug-likeness (QED) is 0.391. The number of nitrogens with zero attached hydrogens (tertiary/aromatic N) is 4. The number of hydrogen-bond acceptors (Lipinski definition) is 4. The van der Waals surface area contributed by atoms with Crippen LogP contribution in [0.4, 0.5) is 5.69 Å². The largest absolute Gasteiger partial charge is 0.324 e. The monoisotopic (exact) mass is 420 g/mol. The molecule has 0 radical (unpaired) electrons. The summed E-state index contributed by atoms with van der Waals surface area (Å²) in [5.41, 5.74) is 6.50. The van der Waals surface area contributed by atoms with Gasteiger partial charge in [0.25, 0.3) is 0 Å². The highest BCUT2D eigenvalue weighted by molar-refractivity contribution is 6.17. The number of hydrogen-bond donors (Lipinski definition) is 0. The van der Waals surface area contributed by atoms with E-state index in [4.69, 9.17) is 9.98 Å². The molecule has 0 fully saturated rings. The third-order valence-electron chi connectivity index (χ3n) is 6.15. The molecule has 0 spiro atoms. The first-order valence-electron chi connectivity index (χ1n) is 11.1. The van der Waals surface area contributed by atoms with Gasteiger partial charge in [0.05, 0.1) is 17.3 Å². The Morgan fingerprint density at radius 1 is 0.906 bits per heavy atom. The molecule has 1 aliphatic heterocycles. The second-order valence-electron chi connectivity index (χ2n) is 9.60. The molecule has 1 unspecified atom stereocenters. The minimum atomic E-state index is 0.0782. The van der Waals surface area contributed by atoms with Crippen molar-refractivity contribution in [2.24, 2.45) is 10.4 Å². The van der Waals surface area contributed by atoms with Crippen molar-refractivity contribution in [1.82, 2.24) is 9.97 Å². The highest BCUT2D eigenvalue weighted by Gasteiger charge is 2.35. The van der Waals surface area contributed by atoms with Crippen LogP contribution >= 0.6 is 0 Å². The summed E-state index contributed by atoms with van der Waals surface area (Å²) in [6, 6.07) is 23.4. The molecular weight excluding hydrogens is 392 g/mol. The minimum Gasteiger partial charge on any atom is -0.324 e. The van der Waals surface area contributed by atoms with E-state index in [0.29, 0.717) is 0 Å². The molecule has 0 aliphatic carbocycles. The van der Waals surface area contributed by atoms with Crippen LogP contribution in [0.15, 0.2) is 84.1 Å². The molecule has 4 aromatic rings. The summed E-state index contributed by atoms with van der Waals surface area (Å²) in [5.74, 6) is 0.998. The number of aryl methyl sites for hydroxylation is 1. The average molecular weight is 421 g/mol. The summed E-state index contributed by atoms with van der Waals surface area (Å²) < 4.78 is 0. The lowest BCUT2D eigenvalue weighted by Crippen LogP contribution is -2.34. The van der Waals surface area contributed by atoms with Crippen LogP contribution in [0.1, 0.15) is 31.9 Å². The van der Waals surface area contributed by atoms with Gasteiger partial charge in [-0.1, -0.05) is 56.7 Å². The van der Waals surface area contributed by atoms with Crippen LogP contribution in [-0.2, 0) is 0 Å². The summed E-state index contributed by atoms with van der Waals surface area (Å²) in [4.78, 5) is 16.9. The topological polar surface area (TPSA) is 41.4 Å². The molecule has 4 nitrogen and oxygen atoms in total. The Balaban J connectivity index is 1.63. The van der Waals surface area contributed by atoms with Gasteiger partial charge in [-0.25, -0.2) is 0 Å². The molecule has 0 N–H and O–H groups in total. The second kappa shape index (κ2) is 7.86. The number of fused-ring (bicyclic) bond motifs is 1. The third kappa shape index (κ3) is 3.77. The van der Waals surface area contributed by atoms with Gasteiger partial charge >= 0.3 is 0 Å². The van der Waals surface area contributed by atoms with Crippen molar-refractivity contribution in [2.45, 2.75) is 33.7 Å². The van der Waals surface area contributed by atoms with Crippen LogP contribution in [0.2, 0.25) is 0 Å². The fraction of sp³-hybridized carbons (Fsp3) is 0.250. The maximum Gasteiger partial charge on any atom is 0.138 e. The first-order chi connectivity index (χ1) is 15.4. The van der Waals surface area contributed by atoms with Gasteiger partial charge in [-0.05, 0) is 48.7 Å². The van der Waals surface area contributed by atoms with Gasteiger partial charge in [0.2, 0.25) is 0 Å². The van der Waals surface area contributed by atoms with Crippen LogP contribution in [0.3, 0.4) is 0 Å². The summed E-state index contributed by atoms with van der Waals surface area (Å²) >= 11 is 0. The van der Waals surface area contributed by atoms with E-state index in [1.165, 1.54) is 11.3 Å². The molecule has 2 aromatic heterocycles. The number of anilines is 1. The molecule has 3 heterocycles. The number of aliphatic imine (C=N–C) groups is 1. The van der Waals surface area contributed by atoms with E-state index in [0.717, 1.165) is 40.1 Å². The highest BCUT2D eigenvalue weighted by atomic mass is 15.3. The van der Waals surface area contributed by atoms with E-state index in [2.05, 4.69) is 86.1 Å². The molecule has 2 aromatic carbocycles. The predicted molar refractivity (Wildman–Crippen MR) is 133 cm³/mol. The Hall–Kier alpha value is -3.53. The van der Waals surface area contributed by atoms with Gasteiger partial charge in [0, 0.05) is 41.1 Å². The van der Waals surface area contributed by atoms with Gasteiger partial charge in [0.15, 0.2) is 0 Å². The van der Waals surface area contributed by atoms with Crippen LogP contribution in [-0.4, -0.2) is 28.4 Å². The molecular formula is C28H28N4. The van der Waals surface area contributed by atoms with Gasteiger partial charge in [-0.2, -0.15) is 0 Å². The van der Waals surface area contributed by atoms with Crippen molar-refractivity contribution in [1.29, 1.82) is 0 Å². The predicted octanol–water partition coefficient (Wildman–Crippen LogP) is 6.29. The van der Waals surface area contributed by atoms with E-state index in [1.807, 2.05) is 30.6 Å². The summed E-state index contributed by atoms with van der Waals surface area (Å²) in [6.45, 7) is 9.77. The van der Waals surface area contributed by atoms with Crippen LogP contribution in [0, 0.1) is 12.3 Å². The number of para-hydroxylation sites is 1. The Morgan fingerprint density at radius 2 is 1.72 bits per heavy atom. The van der Waals surface area contributed by atoms with Crippen molar-refractivity contribution in [3.8, 4) is 11.3 Å². The zero-order chi connectivity index (χ0) is 22.3. The van der Waals surface area contributed by atoms with Crippen molar-refractivity contribution >= 4 is 22.4 Å². The fourth-order valence-electron chi connectivity index (χ4n) is 4.17. The highest BCUT2D eigenvalue weighted by Crippen LogP contribution is 2.34. The maximum atomic E-state index is 5.23. The van der Waals surface area contributed by atoms with Gasteiger partial charge in [0.1, 0.15) is 5.84 Å². The van der Waals surface area contributed by atoms with Crippen molar-refractivity contribution in [3.05, 3.63) is 90.3 Å². The maximum absolute atomic E-state index is 5.23. The normalized spacial score (nSPS) is 16.4. The van der Waals surface area contributed by atoms with Crippen molar-refractivity contribution in [2.75, 3.05) is 11.4 Å². The van der Waals surface area contributed by atoms with E-state index in [9.17, 15) is 0 Å². The van der Waals surface area contributed by atoms with Crippen LogP contribution in [0.25, 0.3) is 22.2 Å². The van der Waals surface area contributed by atoms with Crippen LogP contribution in [0.5, 0.6) is 0 Å². The molecule has 32 heavy (non-hydrogen) atoms. The Kier molecular flexibility index (Phi) is 5.01. The van der Waals surface area contributed by atoms with Crippen molar-refractivity contribution < 1.29 is 0 Å². The molecule has 0 saturated carbocycles. The van der Waals surface area contributed by atoms with Gasteiger partial charge in [-0.3, -0.25) is 15.0 Å². The third-order valence-corrected chi connectivity index (χ3v) is 6.15. The molecule has 0 bridgehead atoms. The lowest BCUT2D eigenvalue weighted by Gasteiger charge is -2.26. The van der Waals surface area contributed by atoms with Gasteiger partial charge in [-0.15, -0.1) is 0 Å². The molecule has 4 heteroatoms. The molecule has 5 rings (SSSR count). The lowest BCUT2D eigenvalue weighted by atomic mass is 9.87. The van der Waals surface area contributed by atoms with E-state index < -0.39 is 0 Å². The molecule has 0 amide bonds. The summed E-state index contributed by atoms with van der Waals surface area (Å²) in [6.07, 6.45) is 3.73. The van der Waals surface area contributed by atoms with Crippen LogP contribution < -0.4 is 4.90 Å². The summed E-state index contributed by atoms with van der Waals surface area (Å²) in [5, 5.41) is 1.09. The first kappa shape index (κ1) is 20.4. The second-order valence-corrected chi connectivity index (χ2v) is 9.60. The number of benzene rings is 2. The van der Waals surface area contributed by atoms with Crippen molar-refractivity contribution in [3.63, 3.8) is 0 Å². The minimum absolute atomic E-state index is 0.0782. The smallest absolute Gasteiger partial charge is 0.138 e. The zero-order valence-electron chi connectivity index (χ0n) is 19.1. The molecule has 160 valence electrons. The Labute approximate surface area is 189 Å². The average Bonchev–Trinajstić information content (AvgIpc) is 3.25. The number of pyridine rings is 2. The van der Waals surface area contributed by atoms with E-state index >= 15 is 0 Å². The first-order valence-corrected chi connectivity index (χ1v) is 11.1. The summed E-state index contributed by atoms with van der Waals surface area (Å²) in [7, 11) is 0. The Bertz CT molecular complexity index is 1280.